The number of alkyl halides is 1. The van der Waals surface area contributed by atoms with Gasteiger partial charge in [-0.1, -0.05) is 11.6 Å². The number of nitrogens with zero attached hydrogens (tertiary/aromatic N) is 2. The number of hydrogen-bond donors (Lipinski definition) is 1. The summed E-state index contributed by atoms with van der Waals surface area (Å²) in [5, 5.41) is 2.73. The van der Waals surface area contributed by atoms with Gasteiger partial charge in [0.15, 0.2) is 17.2 Å². The van der Waals surface area contributed by atoms with Crippen LogP contribution in [0.25, 0.3) is 0 Å². The van der Waals surface area contributed by atoms with Crippen molar-refractivity contribution in [2.24, 2.45) is 0 Å². The Morgan fingerprint density at radius 3 is 2.71 bits per heavy atom. The Bertz CT molecular complexity index is 1050. The van der Waals surface area contributed by atoms with Crippen molar-refractivity contribution in [2.75, 3.05) is 13.1 Å². The van der Waals surface area contributed by atoms with Gasteiger partial charge in [0.25, 0.3) is 5.91 Å². The molecular weight excluding hydrogens is 452 g/mol. The van der Waals surface area contributed by atoms with Gasteiger partial charge in [-0.25, -0.2) is 17.2 Å². The van der Waals surface area contributed by atoms with Gasteiger partial charge in [0.1, 0.15) is 11.1 Å². The van der Waals surface area contributed by atoms with Crippen LogP contribution < -0.4 is 10.1 Å². The van der Waals surface area contributed by atoms with Gasteiger partial charge in [0.05, 0.1) is 6.04 Å². The molecule has 0 aliphatic carbocycles. The van der Waals surface area contributed by atoms with E-state index < -0.39 is 46.1 Å². The third-order valence-corrected chi connectivity index (χ3v) is 6.98. The highest BCUT2D eigenvalue weighted by atomic mass is 35.5. The van der Waals surface area contributed by atoms with E-state index in [9.17, 15) is 22.0 Å². The van der Waals surface area contributed by atoms with Crippen molar-refractivity contribution < 1.29 is 26.7 Å². The molecule has 0 spiro atoms. The summed E-state index contributed by atoms with van der Waals surface area (Å²) in [4.78, 5) is 16.4. The first kappa shape index (κ1) is 23.4. The highest BCUT2D eigenvalue weighted by molar-refractivity contribution is 7.89. The molecule has 11 heteroatoms. The minimum absolute atomic E-state index is 0.0235. The summed E-state index contributed by atoms with van der Waals surface area (Å²) in [6, 6.07) is 5.74. The Hall–Kier alpha value is -2.30. The zero-order valence-electron chi connectivity index (χ0n) is 16.9. The molecular formula is C20H22ClF2N3O4S. The second-order valence-corrected chi connectivity index (χ2v) is 10.00. The maximum absolute atomic E-state index is 14.8. The summed E-state index contributed by atoms with van der Waals surface area (Å²) in [6.45, 7) is 2.46. The van der Waals surface area contributed by atoms with E-state index in [4.69, 9.17) is 16.3 Å². The number of piperidine rings is 1. The van der Waals surface area contributed by atoms with Crippen molar-refractivity contribution in [1.82, 2.24) is 14.6 Å². The van der Waals surface area contributed by atoms with Gasteiger partial charge in [-0.3, -0.25) is 9.78 Å². The standard InChI is InChI=1S/C20H22ClF2N3O4S/c1-20(2,30-18-6-5-13(21)10-15(18)22)19(27)25-17-7-9-26(12-16(17)23)31(28,29)14-4-3-8-24-11-14/h3-6,8,10-11,16-17H,7,9,12H2,1-2H3,(H,25,27). The molecule has 1 N–H and O–H groups in total. The molecule has 0 bridgehead atoms. The van der Waals surface area contributed by atoms with E-state index in [-0.39, 0.29) is 28.6 Å². The number of pyridine rings is 1. The summed E-state index contributed by atoms with van der Waals surface area (Å²) < 4.78 is 60.6. The van der Waals surface area contributed by atoms with Gasteiger partial charge in [-0.05, 0) is 50.6 Å². The highest BCUT2D eigenvalue weighted by Crippen LogP contribution is 2.26. The van der Waals surface area contributed by atoms with Gasteiger partial charge in [-0.15, -0.1) is 0 Å². The second kappa shape index (κ2) is 9.05. The van der Waals surface area contributed by atoms with E-state index in [1.807, 2.05) is 0 Å². The van der Waals surface area contributed by atoms with Crippen LogP contribution in [0, 0.1) is 5.82 Å². The first-order valence-electron chi connectivity index (χ1n) is 9.50. The fraction of sp³-hybridized carbons (Fsp3) is 0.400. The second-order valence-electron chi connectivity index (χ2n) is 7.62. The van der Waals surface area contributed by atoms with Crippen LogP contribution in [0.15, 0.2) is 47.6 Å². The van der Waals surface area contributed by atoms with Crippen molar-refractivity contribution >= 4 is 27.5 Å². The Labute approximate surface area is 184 Å². The minimum Gasteiger partial charge on any atom is -0.475 e. The van der Waals surface area contributed by atoms with E-state index >= 15 is 0 Å². The lowest BCUT2D eigenvalue weighted by Gasteiger charge is -2.36. The number of sulfonamides is 1. The van der Waals surface area contributed by atoms with Crippen LogP contribution in [0.2, 0.25) is 5.02 Å². The first-order chi connectivity index (χ1) is 14.5. The van der Waals surface area contributed by atoms with Crippen molar-refractivity contribution in [3.63, 3.8) is 0 Å². The largest absolute Gasteiger partial charge is 0.475 e. The average molecular weight is 474 g/mol. The molecule has 31 heavy (non-hydrogen) atoms. The molecule has 1 amide bonds. The Morgan fingerprint density at radius 1 is 1.35 bits per heavy atom. The molecule has 2 aromatic rings. The number of halogens is 3. The summed E-state index contributed by atoms with van der Waals surface area (Å²) in [5.41, 5.74) is -1.51. The third-order valence-electron chi connectivity index (χ3n) is 4.90. The number of nitrogens with one attached hydrogen (secondary N) is 1. The van der Waals surface area contributed by atoms with Crippen LogP contribution in [0.1, 0.15) is 20.3 Å². The fourth-order valence-corrected chi connectivity index (χ4v) is 4.71. The van der Waals surface area contributed by atoms with Crippen molar-refractivity contribution in [3.8, 4) is 5.75 Å². The minimum atomic E-state index is -3.88. The molecule has 1 saturated heterocycles. The number of aromatic nitrogens is 1. The Morgan fingerprint density at radius 2 is 2.10 bits per heavy atom. The monoisotopic (exact) mass is 473 g/mol. The number of rotatable bonds is 6. The summed E-state index contributed by atoms with van der Waals surface area (Å²) in [6.07, 6.45) is 1.08. The zero-order chi connectivity index (χ0) is 22.8. The lowest BCUT2D eigenvalue weighted by molar-refractivity contribution is -0.135. The molecule has 2 unspecified atom stereocenters. The van der Waals surface area contributed by atoms with E-state index in [1.165, 1.54) is 50.5 Å². The smallest absolute Gasteiger partial charge is 0.263 e. The average Bonchev–Trinajstić information content (AvgIpc) is 2.72. The molecule has 1 fully saturated rings. The number of ether oxygens (including phenoxy) is 1. The lowest BCUT2D eigenvalue weighted by Crippen LogP contribution is -2.57. The summed E-state index contributed by atoms with van der Waals surface area (Å²) >= 11 is 5.71. The van der Waals surface area contributed by atoms with Crippen molar-refractivity contribution in [3.05, 3.63) is 53.6 Å². The number of carbonyl (C=O) groups is 1. The van der Waals surface area contributed by atoms with Crippen LogP contribution in [-0.4, -0.2) is 54.5 Å². The Kier molecular flexibility index (Phi) is 6.82. The molecule has 168 valence electrons. The molecule has 0 saturated carbocycles. The molecule has 1 aromatic heterocycles. The van der Waals surface area contributed by atoms with E-state index in [1.54, 1.807) is 0 Å². The van der Waals surface area contributed by atoms with E-state index in [0.717, 1.165) is 10.4 Å². The molecule has 3 rings (SSSR count). The van der Waals surface area contributed by atoms with Gasteiger partial charge in [0, 0.05) is 30.5 Å². The molecule has 1 aromatic carbocycles. The number of hydrogen-bond acceptors (Lipinski definition) is 5. The van der Waals surface area contributed by atoms with Gasteiger partial charge in [0.2, 0.25) is 10.0 Å². The lowest BCUT2D eigenvalue weighted by atomic mass is 10.0. The van der Waals surface area contributed by atoms with Gasteiger partial charge >= 0.3 is 0 Å². The molecule has 0 radical (unpaired) electrons. The number of carbonyl (C=O) groups excluding carboxylic acids is 1. The van der Waals surface area contributed by atoms with Crippen molar-refractivity contribution in [1.29, 1.82) is 0 Å². The van der Waals surface area contributed by atoms with Crippen molar-refractivity contribution in [2.45, 2.75) is 43.0 Å². The van der Waals surface area contributed by atoms with Crippen LogP contribution >= 0.6 is 11.6 Å². The number of benzene rings is 1. The predicted octanol–water partition coefficient (Wildman–Crippen LogP) is 2.95. The predicted molar refractivity (Wildman–Crippen MR) is 111 cm³/mol. The number of amides is 1. The highest BCUT2D eigenvalue weighted by Gasteiger charge is 2.39. The van der Waals surface area contributed by atoms with E-state index in [0.29, 0.717) is 0 Å². The normalized spacial score (nSPS) is 20.3. The Balaban J connectivity index is 1.64. The first-order valence-corrected chi connectivity index (χ1v) is 11.3. The topological polar surface area (TPSA) is 88.6 Å². The van der Waals surface area contributed by atoms with Gasteiger partial charge < -0.3 is 10.1 Å². The maximum Gasteiger partial charge on any atom is 0.263 e. The zero-order valence-corrected chi connectivity index (χ0v) is 18.5. The van der Waals surface area contributed by atoms with Gasteiger partial charge in [-0.2, -0.15) is 4.31 Å². The van der Waals surface area contributed by atoms with Crippen LogP contribution in [0.3, 0.4) is 0 Å². The molecule has 7 nitrogen and oxygen atoms in total. The van der Waals surface area contributed by atoms with E-state index in [2.05, 4.69) is 10.3 Å². The molecule has 1 aliphatic heterocycles. The maximum atomic E-state index is 14.8. The van der Waals surface area contributed by atoms with Crippen LogP contribution in [0.5, 0.6) is 5.75 Å². The molecule has 2 atom stereocenters. The van der Waals surface area contributed by atoms with Crippen LogP contribution in [0.4, 0.5) is 8.78 Å². The molecule has 2 heterocycles. The SMILES string of the molecule is CC(C)(Oc1ccc(Cl)cc1F)C(=O)NC1CCN(S(=O)(=O)c2cccnc2)CC1F. The fourth-order valence-electron chi connectivity index (χ4n) is 3.13. The molecule has 1 aliphatic rings. The summed E-state index contributed by atoms with van der Waals surface area (Å²) in [5.74, 6) is -1.55. The third kappa shape index (κ3) is 5.31. The summed E-state index contributed by atoms with van der Waals surface area (Å²) in [7, 11) is -3.88. The quantitative estimate of drug-likeness (QED) is 0.696. The van der Waals surface area contributed by atoms with Crippen LogP contribution in [-0.2, 0) is 14.8 Å².